The first kappa shape index (κ1) is 14.9. The molecule has 1 N–H and O–H groups in total. The van der Waals surface area contributed by atoms with E-state index >= 15 is 0 Å². The molecule has 0 radical (unpaired) electrons. The van der Waals surface area contributed by atoms with E-state index < -0.39 is 0 Å². The van der Waals surface area contributed by atoms with Crippen LogP contribution >= 0.6 is 0 Å². The molecule has 0 fully saturated rings. The predicted molar refractivity (Wildman–Crippen MR) is 64.3 cm³/mol. The summed E-state index contributed by atoms with van der Waals surface area (Å²) in [7, 11) is 1.72. The Morgan fingerprint density at radius 3 is 2.47 bits per heavy atom. The fourth-order valence-electron chi connectivity index (χ4n) is 1.56. The molecule has 0 saturated carbocycles. The van der Waals surface area contributed by atoms with Crippen molar-refractivity contribution >= 4 is 0 Å². The van der Waals surface area contributed by atoms with Gasteiger partial charge in [-0.1, -0.05) is 13.8 Å². The molecule has 0 aliphatic carbocycles. The van der Waals surface area contributed by atoms with E-state index in [9.17, 15) is 0 Å². The van der Waals surface area contributed by atoms with E-state index in [4.69, 9.17) is 9.47 Å². The fraction of sp³-hybridized carbons (Fsp3) is 1.00. The Hall–Kier alpha value is -0.120. The van der Waals surface area contributed by atoms with Gasteiger partial charge in [0.25, 0.3) is 0 Å². The number of ether oxygens (including phenoxy) is 2. The molecule has 2 atom stereocenters. The van der Waals surface area contributed by atoms with Gasteiger partial charge in [-0.15, -0.1) is 0 Å². The highest BCUT2D eigenvalue weighted by molar-refractivity contribution is 4.71. The zero-order valence-corrected chi connectivity index (χ0v) is 10.7. The molecule has 0 aromatic carbocycles. The van der Waals surface area contributed by atoms with E-state index in [1.165, 1.54) is 6.42 Å². The minimum absolute atomic E-state index is 0.290. The van der Waals surface area contributed by atoms with Crippen molar-refractivity contribution in [2.75, 3.05) is 26.9 Å². The molecule has 0 aromatic rings. The molecular formula is C12H27NO2. The maximum Gasteiger partial charge on any atom is 0.0699 e. The molecule has 3 nitrogen and oxygen atoms in total. The molecule has 3 heteroatoms. The first-order valence-corrected chi connectivity index (χ1v) is 6.10. The predicted octanol–water partition coefficient (Wildman–Crippen LogP) is 2.21. The second-order valence-electron chi connectivity index (χ2n) is 3.89. The van der Waals surface area contributed by atoms with E-state index in [2.05, 4.69) is 26.1 Å². The highest BCUT2D eigenvalue weighted by atomic mass is 16.5. The van der Waals surface area contributed by atoms with E-state index in [0.29, 0.717) is 12.1 Å². The Kier molecular flexibility index (Phi) is 10.3. The first-order chi connectivity index (χ1) is 7.26. The van der Waals surface area contributed by atoms with E-state index in [1.807, 2.05) is 0 Å². The summed E-state index contributed by atoms with van der Waals surface area (Å²) < 4.78 is 10.7. The van der Waals surface area contributed by atoms with Crippen LogP contribution in [0.4, 0.5) is 0 Å². The molecular weight excluding hydrogens is 190 g/mol. The average molecular weight is 217 g/mol. The van der Waals surface area contributed by atoms with Gasteiger partial charge < -0.3 is 14.8 Å². The van der Waals surface area contributed by atoms with Crippen molar-refractivity contribution in [3.8, 4) is 0 Å². The van der Waals surface area contributed by atoms with Gasteiger partial charge in [0.15, 0.2) is 0 Å². The van der Waals surface area contributed by atoms with Gasteiger partial charge in [-0.3, -0.25) is 0 Å². The zero-order valence-electron chi connectivity index (χ0n) is 10.7. The summed E-state index contributed by atoms with van der Waals surface area (Å²) in [5.74, 6) is 0. The maximum atomic E-state index is 5.75. The van der Waals surface area contributed by atoms with Gasteiger partial charge in [0.1, 0.15) is 0 Å². The molecule has 0 aliphatic rings. The molecule has 0 spiro atoms. The summed E-state index contributed by atoms with van der Waals surface area (Å²) in [6.07, 6.45) is 3.56. The average Bonchev–Trinajstić information content (AvgIpc) is 2.25. The summed E-state index contributed by atoms with van der Waals surface area (Å²) >= 11 is 0. The minimum atomic E-state index is 0.290. The second-order valence-corrected chi connectivity index (χ2v) is 3.89. The van der Waals surface area contributed by atoms with Crippen molar-refractivity contribution in [2.24, 2.45) is 0 Å². The normalized spacial score (nSPS) is 15.2. The third-order valence-corrected chi connectivity index (χ3v) is 2.54. The maximum absolute atomic E-state index is 5.75. The minimum Gasteiger partial charge on any atom is -0.385 e. The van der Waals surface area contributed by atoms with Crippen molar-refractivity contribution in [1.82, 2.24) is 5.32 Å². The quantitative estimate of drug-likeness (QED) is 0.569. The standard InChI is InChI=1S/C12H27NO2/c1-5-8-13-12(6-2)11(3)15-10-7-9-14-4/h11-13H,5-10H2,1-4H3. The van der Waals surface area contributed by atoms with Crippen LogP contribution in [0, 0.1) is 0 Å². The molecule has 0 saturated heterocycles. The van der Waals surface area contributed by atoms with Crippen molar-refractivity contribution < 1.29 is 9.47 Å². The van der Waals surface area contributed by atoms with Crippen LogP contribution in [-0.4, -0.2) is 39.0 Å². The number of hydrogen-bond acceptors (Lipinski definition) is 3. The Morgan fingerprint density at radius 2 is 1.93 bits per heavy atom. The van der Waals surface area contributed by atoms with Crippen LogP contribution in [0.25, 0.3) is 0 Å². The lowest BCUT2D eigenvalue weighted by Crippen LogP contribution is -2.39. The summed E-state index contributed by atoms with van der Waals surface area (Å²) in [5.41, 5.74) is 0. The lowest BCUT2D eigenvalue weighted by Gasteiger charge is -2.24. The summed E-state index contributed by atoms with van der Waals surface area (Å²) in [4.78, 5) is 0. The van der Waals surface area contributed by atoms with Gasteiger partial charge in [0.2, 0.25) is 0 Å². The molecule has 0 aromatic heterocycles. The molecule has 0 bridgehead atoms. The Bertz CT molecular complexity index is 131. The third-order valence-electron chi connectivity index (χ3n) is 2.54. The zero-order chi connectivity index (χ0) is 11.5. The highest BCUT2D eigenvalue weighted by Crippen LogP contribution is 2.04. The van der Waals surface area contributed by atoms with Gasteiger partial charge >= 0.3 is 0 Å². The number of methoxy groups -OCH3 is 1. The van der Waals surface area contributed by atoms with Gasteiger partial charge in [-0.25, -0.2) is 0 Å². The molecule has 0 aliphatic heterocycles. The van der Waals surface area contributed by atoms with Crippen molar-refractivity contribution in [1.29, 1.82) is 0 Å². The number of nitrogens with one attached hydrogen (secondary N) is 1. The van der Waals surface area contributed by atoms with E-state index in [1.54, 1.807) is 7.11 Å². The SMILES string of the molecule is CCCNC(CC)C(C)OCCCOC. The largest absolute Gasteiger partial charge is 0.385 e. The molecule has 0 amide bonds. The van der Waals surface area contributed by atoms with Crippen molar-refractivity contribution in [2.45, 2.75) is 52.2 Å². The summed E-state index contributed by atoms with van der Waals surface area (Å²) in [6, 6.07) is 0.479. The van der Waals surface area contributed by atoms with Crippen LogP contribution in [0.1, 0.15) is 40.0 Å². The van der Waals surface area contributed by atoms with Crippen LogP contribution in [0.15, 0.2) is 0 Å². The molecule has 0 heterocycles. The molecule has 0 rings (SSSR count). The van der Waals surface area contributed by atoms with Gasteiger partial charge in [0, 0.05) is 26.4 Å². The monoisotopic (exact) mass is 217 g/mol. The van der Waals surface area contributed by atoms with Crippen LogP contribution in [-0.2, 0) is 9.47 Å². The van der Waals surface area contributed by atoms with E-state index in [-0.39, 0.29) is 0 Å². The first-order valence-electron chi connectivity index (χ1n) is 6.10. The summed E-state index contributed by atoms with van der Waals surface area (Å²) in [6.45, 7) is 9.17. The van der Waals surface area contributed by atoms with Crippen LogP contribution in [0.3, 0.4) is 0 Å². The fourth-order valence-corrected chi connectivity index (χ4v) is 1.56. The smallest absolute Gasteiger partial charge is 0.0699 e. The van der Waals surface area contributed by atoms with Gasteiger partial charge in [-0.05, 0) is 32.7 Å². The summed E-state index contributed by atoms with van der Waals surface area (Å²) in [5, 5.41) is 3.50. The van der Waals surface area contributed by atoms with Crippen molar-refractivity contribution in [3.05, 3.63) is 0 Å². The highest BCUT2D eigenvalue weighted by Gasteiger charge is 2.14. The topological polar surface area (TPSA) is 30.5 Å². The lowest BCUT2D eigenvalue weighted by atomic mass is 10.1. The Balaban J connectivity index is 3.58. The molecule has 92 valence electrons. The number of hydrogen-bond donors (Lipinski definition) is 1. The van der Waals surface area contributed by atoms with Gasteiger partial charge in [-0.2, -0.15) is 0 Å². The van der Waals surface area contributed by atoms with Crippen LogP contribution in [0.2, 0.25) is 0 Å². The van der Waals surface area contributed by atoms with Crippen LogP contribution in [0.5, 0.6) is 0 Å². The van der Waals surface area contributed by atoms with Crippen LogP contribution < -0.4 is 5.32 Å². The van der Waals surface area contributed by atoms with Crippen molar-refractivity contribution in [3.63, 3.8) is 0 Å². The Labute approximate surface area is 94.5 Å². The lowest BCUT2D eigenvalue weighted by molar-refractivity contribution is 0.0267. The molecule has 2 unspecified atom stereocenters. The van der Waals surface area contributed by atoms with E-state index in [0.717, 1.165) is 32.6 Å². The third kappa shape index (κ3) is 7.77. The Morgan fingerprint density at radius 1 is 1.20 bits per heavy atom. The molecule has 15 heavy (non-hydrogen) atoms. The van der Waals surface area contributed by atoms with Gasteiger partial charge in [0.05, 0.1) is 6.10 Å². The number of rotatable bonds is 10. The second kappa shape index (κ2) is 10.4.